The average molecular weight is 262 g/mol. The van der Waals surface area contributed by atoms with Crippen LogP contribution in [0, 0.1) is 0 Å². The Morgan fingerprint density at radius 1 is 1.32 bits per heavy atom. The van der Waals surface area contributed by atoms with E-state index in [9.17, 15) is 4.79 Å². The number of hydrogen-bond donors (Lipinski definition) is 2. The zero-order valence-corrected chi connectivity index (χ0v) is 11.6. The van der Waals surface area contributed by atoms with Crippen LogP contribution in [0.5, 0.6) is 5.75 Å². The number of carbonyl (C=O) groups excluding carboxylic acids is 1. The molecule has 3 rings (SSSR count). The number of hydrogen-bond acceptors (Lipinski definition) is 4. The molecule has 2 N–H and O–H groups in total. The summed E-state index contributed by atoms with van der Waals surface area (Å²) in [4.78, 5) is 11.2. The molecule has 0 radical (unpaired) electrons. The molecule has 1 fully saturated rings. The predicted molar refractivity (Wildman–Crippen MR) is 75.7 cm³/mol. The van der Waals surface area contributed by atoms with Gasteiger partial charge in [0.25, 0.3) is 0 Å². The molecule has 2 aliphatic rings. The number of benzene rings is 1. The van der Waals surface area contributed by atoms with Crippen molar-refractivity contribution >= 4 is 6.29 Å². The van der Waals surface area contributed by atoms with Gasteiger partial charge < -0.3 is 15.4 Å². The first kappa shape index (κ1) is 14.0. The molecule has 4 heteroatoms. The third-order valence-electron chi connectivity index (χ3n) is 3.84. The highest BCUT2D eigenvalue weighted by molar-refractivity contribution is 5.65. The second-order valence-electron chi connectivity index (χ2n) is 5.08. The molecule has 1 aromatic rings. The standard InChI is InChI=1S/C13H15NO2.C2H7N/c15-9-12-13(5-7-14-8-6-13)10-3-1-2-4-11(10)16-12;1-3-2/h1-4,9,12,14H,5-8H2;3H,1-2H3. The van der Waals surface area contributed by atoms with Crippen LogP contribution >= 0.6 is 0 Å². The predicted octanol–water partition coefficient (Wildman–Crippen LogP) is 1.10. The number of ether oxygens (including phenoxy) is 1. The summed E-state index contributed by atoms with van der Waals surface area (Å²) < 4.78 is 5.75. The summed E-state index contributed by atoms with van der Waals surface area (Å²) in [6.07, 6.45) is 2.62. The minimum atomic E-state index is -0.299. The molecule has 2 heterocycles. The number of para-hydroxylation sites is 1. The van der Waals surface area contributed by atoms with E-state index in [4.69, 9.17) is 4.74 Å². The van der Waals surface area contributed by atoms with Gasteiger partial charge in [-0.25, -0.2) is 0 Å². The molecular formula is C15H22N2O2. The van der Waals surface area contributed by atoms with Gasteiger partial charge in [0, 0.05) is 11.0 Å². The van der Waals surface area contributed by atoms with Crippen molar-refractivity contribution < 1.29 is 9.53 Å². The topological polar surface area (TPSA) is 50.4 Å². The lowest BCUT2D eigenvalue weighted by atomic mass is 9.71. The zero-order chi connectivity index (χ0) is 13.7. The number of aldehydes is 1. The quantitative estimate of drug-likeness (QED) is 0.744. The van der Waals surface area contributed by atoms with Crippen LogP contribution in [0.4, 0.5) is 0 Å². The normalized spacial score (nSPS) is 22.9. The van der Waals surface area contributed by atoms with E-state index < -0.39 is 0 Å². The van der Waals surface area contributed by atoms with Gasteiger partial charge in [0.15, 0.2) is 12.4 Å². The first-order valence-electron chi connectivity index (χ1n) is 6.79. The van der Waals surface area contributed by atoms with Crippen LogP contribution in [-0.2, 0) is 10.2 Å². The van der Waals surface area contributed by atoms with Gasteiger partial charge in [0.1, 0.15) is 5.75 Å². The Morgan fingerprint density at radius 2 is 1.95 bits per heavy atom. The Balaban J connectivity index is 0.000000408. The Morgan fingerprint density at radius 3 is 2.58 bits per heavy atom. The van der Waals surface area contributed by atoms with E-state index >= 15 is 0 Å². The lowest BCUT2D eigenvalue weighted by Gasteiger charge is -2.35. The van der Waals surface area contributed by atoms with E-state index in [-0.39, 0.29) is 11.5 Å². The summed E-state index contributed by atoms with van der Waals surface area (Å²) in [5.41, 5.74) is 1.14. The first-order valence-corrected chi connectivity index (χ1v) is 6.79. The molecule has 104 valence electrons. The number of fused-ring (bicyclic) bond motifs is 2. The maximum Gasteiger partial charge on any atom is 0.163 e. The Labute approximate surface area is 114 Å². The molecule has 0 saturated carbocycles. The molecule has 0 bridgehead atoms. The van der Waals surface area contributed by atoms with Gasteiger partial charge >= 0.3 is 0 Å². The zero-order valence-electron chi connectivity index (χ0n) is 11.6. The van der Waals surface area contributed by atoms with Crippen molar-refractivity contribution in [2.75, 3.05) is 27.2 Å². The fourth-order valence-corrected chi connectivity index (χ4v) is 2.97. The molecule has 19 heavy (non-hydrogen) atoms. The van der Waals surface area contributed by atoms with Gasteiger partial charge in [-0.15, -0.1) is 0 Å². The highest BCUT2D eigenvalue weighted by Crippen LogP contribution is 2.47. The Bertz CT molecular complexity index is 428. The highest BCUT2D eigenvalue weighted by Gasteiger charge is 2.49. The van der Waals surface area contributed by atoms with E-state index in [0.29, 0.717) is 0 Å². The summed E-state index contributed by atoms with van der Waals surface area (Å²) in [7, 11) is 3.75. The number of carbonyl (C=O) groups is 1. The Kier molecular flexibility index (Phi) is 4.56. The summed E-state index contributed by atoms with van der Waals surface area (Å²) in [6, 6.07) is 8.05. The van der Waals surface area contributed by atoms with Crippen molar-refractivity contribution in [2.24, 2.45) is 0 Å². The van der Waals surface area contributed by atoms with Gasteiger partial charge in [-0.3, -0.25) is 4.79 Å². The van der Waals surface area contributed by atoms with Gasteiger partial charge in [-0.05, 0) is 46.1 Å². The largest absolute Gasteiger partial charge is 0.482 e. The molecule has 1 saturated heterocycles. The summed E-state index contributed by atoms with van der Waals surface area (Å²) in [5, 5.41) is 6.09. The highest BCUT2D eigenvalue weighted by atomic mass is 16.5. The third-order valence-corrected chi connectivity index (χ3v) is 3.84. The van der Waals surface area contributed by atoms with Crippen LogP contribution in [0.25, 0.3) is 0 Å². The van der Waals surface area contributed by atoms with Crippen molar-refractivity contribution in [2.45, 2.75) is 24.4 Å². The van der Waals surface area contributed by atoms with Gasteiger partial charge in [-0.1, -0.05) is 18.2 Å². The minimum Gasteiger partial charge on any atom is -0.482 e. The number of piperidine rings is 1. The van der Waals surface area contributed by atoms with Gasteiger partial charge in [-0.2, -0.15) is 0 Å². The lowest BCUT2D eigenvalue weighted by Crippen LogP contribution is -2.47. The molecule has 1 atom stereocenters. The van der Waals surface area contributed by atoms with Crippen LogP contribution in [0.1, 0.15) is 18.4 Å². The molecular weight excluding hydrogens is 240 g/mol. The second-order valence-corrected chi connectivity index (χ2v) is 5.08. The summed E-state index contributed by atoms with van der Waals surface area (Å²) >= 11 is 0. The number of rotatable bonds is 1. The molecule has 4 nitrogen and oxygen atoms in total. The van der Waals surface area contributed by atoms with E-state index in [1.807, 2.05) is 32.3 Å². The van der Waals surface area contributed by atoms with Crippen LogP contribution in [-0.4, -0.2) is 39.6 Å². The van der Waals surface area contributed by atoms with Gasteiger partial charge in [0.05, 0.1) is 0 Å². The molecule has 2 aliphatic heterocycles. The average Bonchev–Trinajstić information content (AvgIpc) is 2.75. The SMILES string of the molecule is CNC.O=CC1Oc2ccccc2C12CCNCC2. The smallest absolute Gasteiger partial charge is 0.163 e. The van der Waals surface area contributed by atoms with Gasteiger partial charge in [0.2, 0.25) is 0 Å². The van der Waals surface area contributed by atoms with Crippen molar-refractivity contribution in [3.05, 3.63) is 29.8 Å². The summed E-state index contributed by atoms with van der Waals surface area (Å²) in [6.45, 7) is 1.92. The third kappa shape index (κ3) is 2.51. The second kappa shape index (κ2) is 6.17. The van der Waals surface area contributed by atoms with Crippen LogP contribution in [0.2, 0.25) is 0 Å². The van der Waals surface area contributed by atoms with Crippen molar-refractivity contribution in [3.63, 3.8) is 0 Å². The first-order chi connectivity index (χ1) is 9.28. The summed E-state index contributed by atoms with van der Waals surface area (Å²) in [5.74, 6) is 0.890. The van der Waals surface area contributed by atoms with Crippen molar-refractivity contribution in [1.82, 2.24) is 10.6 Å². The van der Waals surface area contributed by atoms with Crippen LogP contribution in [0.3, 0.4) is 0 Å². The van der Waals surface area contributed by atoms with Crippen LogP contribution < -0.4 is 15.4 Å². The maximum absolute atomic E-state index is 11.2. The molecule has 1 aromatic carbocycles. The molecule has 0 amide bonds. The fourth-order valence-electron chi connectivity index (χ4n) is 2.97. The number of nitrogens with one attached hydrogen (secondary N) is 2. The molecule has 0 aliphatic carbocycles. The molecule has 1 unspecified atom stereocenters. The molecule has 1 spiro atoms. The maximum atomic E-state index is 11.2. The monoisotopic (exact) mass is 262 g/mol. The van der Waals surface area contributed by atoms with Crippen LogP contribution in [0.15, 0.2) is 24.3 Å². The lowest BCUT2D eigenvalue weighted by molar-refractivity contribution is -0.115. The van der Waals surface area contributed by atoms with Crippen molar-refractivity contribution in [1.29, 1.82) is 0 Å². The van der Waals surface area contributed by atoms with Crippen molar-refractivity contribution in [3.8, 4) is 5.75 Å². The van der Waals surface area contributed by atoms with E-state index in [1.54, 1.807) is 0 Å². The fraction of sp³-hybridized carbons (Fsp3) is 0.533. The van der Waals surface area contributed by atoms with E-state index in [0.717, 1.165) is 38.0 Å². The van der Waals surface area contributed by atoms with E-state index in [1.165, 1.54) is 5.56 Å². The minimum absolute atomic E-state index is 0.0798. The molecule has 0 aromatic heterocycles. The Hall–Kier alpha value is -1.39. The van der Waals surface area contributed by atoms with E-state index in [2.05, 4.69) is 16.7 Å².